The van der Waals surface area contributed by atoms with Gasteiger partial charge in [0.2, 0.25) is 0 Å². The highest BCUT2D eigenvalue weighted by Crippen LogP contribution is 2.29. The van der Waals surface area contributed by atoms with Gasteiger partial charge in [0.1, 0.15) is 0 Å². The van der Waals surface area contributed by atoms with E-state index >= 15 is 0 Å². The minimum Gasteiger partial charge on any atom is -0.378 e. The van der Waals surface area contributed by atoms with E-state index in [0.717, 1.165) is 29.1 Å². The third kappa shape index (κ3) is 4.19. The molecule has 1 aliphatic rings. The van der Waals surface area contributed by atoms with Gasteiger partial charge in [-0.1, -0.05) is 36.7 Å². The maximum absolute atomic E-state index is 6.34. The van der Waals surface area contributed by atoms with Crippen LogP contribution in [0.15, 0.2) is 30.3 Å². The van der Waals surface area contributed by atoms with E-state index in [4.69, 9.17) is 11.6 Å². The lowest BCUT2D eigenvalue weighted by Crippen LogP contribution is -2.36. The molecule has 0 radical (unpaired) electrons. The zero-order chi connectivity index (χ0) is 18.0. The standard InChI is InChI=1S/C22H29ClN2/c1-5-21(18-11-16(3)22(23)17(4)12-18)24-20-8-7-15(2)19(13-20)14-25-9-6-10-25/h7-8,11-13,21,24H,5-6,9-10,14H2,1-4H3/t21-/m1/s1. The molecule has 1 fully saturated rings. The fraction of sp³-hybridized carbons (Fsp3) is 0.455. The van der Waals surface area contributed by atoms with Crippen molar-refractivity contribution >= 4 is 17.3 Å². The number of likely N-dealkylation sites (tertiary alicyclic amines) is 1. The summed E-state index contributed by atoms with van der Waals surface area (Å²) < 4.78 is 0. The number of benzene rings is 2. The van der Waals surface area contributed by atoms with Gasteiger partial charge in [0, 0.05) is 17.3 Å². The molecule has 0 aliphatic carbocycles. The molecule has 1 saturated heterocycles. The Morgan fingerprint density at radius 3 is 2.28 bits per heavy atom. The summed E-state index contributed by atoms with van der Waals surface area (Å²) in [5, 5.41) is 4.61. The smallest absolute Gasteiger partial charge is 0.0511 e. The van der Waals surface area contributed by atoms with Crippen molar-refractivity contribution in [1.82, 2.24) is 4.90 Å². The van der Waals surface area contributed by atoms with Gasteiger partial charge < -0.3 is 5.32 Å². The van der Waals surface area contributed by atoms with Crippen molar-refractivity contribution in [3.63, 3.8) is 0 Å². The molecule has 1 atom stereocenters. The summed E-state index contributed by atoms with van der Waals surface area (Å²) in [6, 6.07) is 11.5. The molecule has 0 amide bonds. The number of halogens is 1. The number of nitrogens with one attached hydrogen (secondary N) is 1. The molecule has 0 saturated carbocycles. The lowest BCUT2D eigenvalue weighted by atomic mass is 9.98. The first-order chi connectivity index (χ1) is 12.0. The number of rotatable bonds is 6. The van der Waals surface area contributed by atoms with Crippen molar-refractivity contribution in [3.05, 3.63) is 63.2 Å². The number of hydrogen-bond donors (Lipinski definition) is 1. The fourth-order valence-corrected chi connectivity index (χ4v) is 3.62. The molecule has 2 nitrogen and oxygen atoms in total. The minimum atomic E-state index is 0.300. The molecule has 2 aromatic rings. The van der Waals surface area contributed by atoms with Crippen molar-refractivity contribution in [2.45, 2.75) is 53.1 Å². The highest BCUT2D eigenvalue weighted by molar-refractivity contribution is 6.32. The molecule has 0 spiro atoms. The molecule has 0 unspecified atom stereocenters. The molecule has 25 heavy (non-hydrogen) atoms. The third-order valence-corrected chi connectivity index (χ3v) is 5.90. The molecule has 1 aliphatic heterocycles. The Hall–Kier alpha value is -1.51. The Labute approximate surface area is 157 Å². The summed E-state index contributed by atoms with van der Waals surface area (Å²) in [7, 11) is 0. The second-order valence-electron chi connectivity index (χ2n) is 7.34. The van der Waals surface area contributed by atoms with Gasteiger partial charge in [-0.3, -0.25) is 4.90 Å². The van der Waals surface area contributed by atoms with Gasteiger partial charge >= 0.3 is 0 Å². The Bertz CT molecular complexity index is 727. The van der Waals surface area contributed by atoms with Crippen molar-refractivity contribution in [3.8, 4) is 0 Å². The molecule has 134 valence electrons. The SMILES string of the molecule is CC[C@@H](Nc1ccc(C)c(CN2CCC2)c1)c1cc(C)c(Cl)c(C)c1. The van der Waals surface area contributed by atoms with Crippen LogP contribution in [0.3, 0.4) is 0 Å². The minimum absolute atomic E-state index is 0.300. The molecule has 3 rings (SSSR count). The van der Waals surface area contributed by atoms with Gasteiger partial charge in [-0.25, -0.2) is 0 Å². The third-order valence-electron chi connectivity index (χ3n) is 5.30. The summed E-state index contributed by atoms with van der Waals surface area (Å²) in [6.07, 6.45) is 2.38. The van der Waals surface area contributed by atoms with Crippen molar-refractivity contribution < 1.29 is 0 Å². The number of hydrogen-bond acceptors (Lipinski definition) is 2. The van der Waals surface area contributed by atoms with Gasteiger partial charge in [-0.05, 0) is 86.7 Å². The highest BCUT2D eigenvalue weighted by atomic mass is 35.5. The van der Waals surface area contributed by atoms with Gasteiger partial charge in [-0.15, -0.1) is 0 Å². The van der Waals surface area contributed by atoms with Gasteiger partial charge in [-0.2, -0.15) is 0 Å². The van der Waals surface area contributed by atoms with Crippen LogP contribution in [0, 0.1) is 20.8 Å². The zero-order valence-corrected chi connectivity index (χ0v) is 16.6. The Morgan fingerprint density at radius 2 is 1.72 bits per heavy atom. The van der Waals surface area contributed by atoms with Gasteiger partial charge in [0.15, 0.2) is 0 Å². The second kappa shape index (κ2) is 7.80. The van der Waals surface area contributed by atoms with Crippen LogP contribution < -0.4 is 5.32 Å². The van der Waals surface area contributed by atoms with Crippen LogP contribution >= 0.6 is 11.6 Å². The van der Waals surface area contributed by atoms with Crippen LogP contribution in [0.5, 0.6) is 0 Å². The first-order valence-corrected chi connectivity index (χ1v) is 9.70. The highest BCUT2D eigenvalue weighted by Gasteiger charge is 2.16. The van der Waals surface area contributed by atoms with Crippen molar-refractivity contribution in [1.29, 1.82) is 0 Å². The van der Waals surface area contributed by atoms with Crippen molar-refractivity contribution in [2.75, 3.05) is 18.4 Å². The molecule has 1 heterocycles. The van der Waals surface area contributed by atoms with E-state index in [1.165, 1.54) is 41.9 Å². The maximum atomic E-state index is 6.34. The van der Waals surface area contributed by atoms with E-state index in [2.05, 4.69) is 68.2 Å². The second-order valence-corrected chi connectivity index (χ2v) is 7.72. The van der Waals surface area contributed by atoms with E-state index < -0.39 is 0 Å². The summed E-state index contributed by atoms with van der Waals surface area (Å²) in [4.78, 5) is 2.51. The summed E-state index contributed by atoms with van der Waals surface area (Å²) in [5.74, 6) is 0. The first-order valence-electron chi connectivity index (χ1n) is 9.33. The molecular formula is C22H29ClN2. The van der Waals surface area contributed by atoms with Gasteiger partial charge in [0.05, 0.1) is 6.04 Å². The van der Waals surface area contributed by atoms with E-state index in [0.29, 0.717) is 6.04 Å². The molecule has 0 aromatic heterocycles. The van der Waals surface area contributed by atoms with Crippen LogP contribution in [0.4, 0.5) is 5.69 Å². The topological polar surface area (TPSA) is 15.3 Å². The van der Waals surface area contributed by atoms with Crippen LogP contribution in [-0.2, 0) is 6.54 Å². The van der Waals surface area contributed by atoms with Crippen LogP contribution in [0.1, 0.15) is 53.6 Å². The Kier molecular flexibility index (Phi) is 5.71. The lowest BCUT2D eigenvalue weighted by molar-refractivity contribution is 0.172. The number of nitrogens with zero attached hydrogens (tertiary/aromatic N) is 1. The molecular weight excluding hydrogens is 328 g/mol. The zero-order valence-electron chi connectivity index (χ0n) is 15.8. The van der Waals surface area contributed by atoms with Crippen molar-refractivity contribution in [2.24, 2.45) is 0 Å². The van der Waals surface area contributed by atoms with E-state index in [-0.39, 0.29) is 0 Å². The van der Waals surface area contributed by atoms with E-state index in [1.807, 2.05) is 0 Å². The van der Waals surface area contributed by atoms with Crippen LogP contribution in [-0.4, -0.2) is 18.0 Å². The normalized spacial score (nSPS) is 15.7. The Balaban J connectivity index is 1.80. The number of aryl methyl sites for hydroxylation is 3. The predicted molar refractivity (Wildman–Crippen MR) is 109 cm³/mol. The summed E-state index contributed by atoms with van der Waals surface area (Å²) in [6.45, 7) is 12.1. The molecule has 2 aromatic carbocycles. The van der Waals surface area contributed by atoms with Crippen LogP contribution in [0.2, 0.25) is 5.02 Å². The van der Waals surface area contributed by atoms with Gasteiger partial charge in [0.25, 0.3) is 0 Å². The number of anilines is 1. The average molecular weight is 357 g/mol. The van der Waals surface area contributed by atoms with E-state index in [1.54, 1.807) is 0 Å². The first kappa shape index (κ1) is 18.3. The quantitative estimate of drug-likeness (QED) is 0.679. The molecule has 1 N–H and O–H groups in total. The average Bonchev–Trinajstić information content (AvgIpc) is 2.55. The summed E-state index contributed by atoms with van der Waals surface area (Å²) >= 11 is 6.34. The fourth-order valence-electron chi connectivity index (χ4n) is 3.52. The lowest BCUT2D eigenvalue weighted by Gasteiger charge is -2.31. The summed E-state index contributed by atoms with van der Waals surface area (Å²) in [5.41, 5.74) is 7.63. The van der Waals surface area contributed by atoms with E-state index in [9.17, 15) is 0 Å². The molecule has 0 bridgehead atoms. The Morgan fingerprint density at radius 1 is 1.04 bits per heavy atom. The monoisotopic (exact) mass is 356 g/mol. The largest absolute Gasteiger partial charge is 0.378 e. The maximum Gasteiger partial charge on any atom is 0.0511 e. The molecule has 3 heteroatoms. The predicted octanol–water partition coefficient (Wildman–Crippen LogP) is 6.03. The van der Waals surface area contributed by atoms with Crippen LogP contribution in [0.25, 0.3) is 0 Å².